The molecule has 1 N–H and O–H groups in total. The first kappa shape index (κ1) is 9.77. The van der Waals surface area contributed by atoms with Crippen LogP contribution in [0.25, 0.3) is 0 Å². The van der Waals surface area contributed by atoms with Crippen LogP contribution in [0.5, 0.6) is 0 Å². The molecule has 0 aromatic carbocycles. The zero-order chi connectivity index (χ0) is 10.2. The van der Waals surface area contributed by atoms with E-state index in [0.717, 1.165) is 0 Å². The van der Waals surface area contributed by atoms with Crippen LogP contribution in [0.15, 0.2) is 15.8 Å². The van der Waals surface area contributed by atoms with Crippen LogP contribution in [0.1, 0.15) is 26.3 Å². The van der Waals surface area contributed by atoms with Crippen LogP contribution in [0.3, 0.4) is 0 Å². The molecule has 0 bridgehead atoms. The van der Waals surface area contributed by atoms with Crippen LogP contribution >= 0.6 is 0 Å². The third-order valence-electron chi connectivity index (χ3n) is 1.83. The summed E-state index contributed by atoms with van der Waals surface area (Å²) in [5.41, 5.74) is -0.509. The second kappa shape index (κ2) is 2.87. The van der Waals surface area contributed by atoms with E-state index in [2.05, 4.69) is 4.98 Å². The lowest BCUT2D eigenvalue weighted by atomic mass is 10.1. The van der Waals surface area contributed by atoms with Gasteiger partial charge in [0.05, 0.1) is 0 Å². The fourth-order valence-corrected chi connectivity index (χ4v) is 1.17. The van der Waals surface area contributed by atoms with E-state index >= 15 is 0 Å². The number of rotatable bonds is 0. The Kier molecular flexibility index (Phi) is 2.15. The Labute approximate surface area is 76.2 Å². The third kappa shape index (κ3) is 1.71. The fourth-order valence-electron chi connectivity index (χ4n) is 1.17. The summed E-state index contributed by atoms with van der Waals surface area (Å²) < 4.78 is 1.22. The molecule has 13 heavy (non-hydrogen) atoms. The normalized spacial score (nSPS) is 11.7. The van der Waals surface area contributed by atoms with Crippen LogP contribution < -0.4 is 11.2 Å². The van der Waals surface area contributed by atoms with Crippen LogP contribution in [-0.2, 0) is 5.54 Å². The molecule has 0 saturated heterocycles. The molecule has 0 radical (unpaired) electrons. The Morgan fingerprint density at radius 1 is 1.31 bits per heavy atom. The monoisotopic (exact) mass is 182 g/mol. The second-order valence-corrected chi connectivity index (χ2v) is 4.09. The molecule has 0 aliphatic rings. The van der Waals surface area contributed by atoms with Gasteiger partial charge in [-0.25, -0.2) is 4.79 Å². The van der Waals surface area contributed by atoms with Gasteiger partial charge in [0.1, 0.15) is 0 Å². The van der Waals surface area contributed by atoms with Gasteiger partial charge in [0, 0.05) is 17.3 Å². The Balaban J connectivity index is 3.63. The molecule has 4 nitrogen and oxygen atoms in total. The SMILES string of the molecule is Cc1c[nH]c(=O)n(C(C)(C)C)c1=O. The van der Waals surface area contributed by atoms with E-state index in [9.17, 15) is 9.59 Å². The zero-order valence-electron chi connectivity index (χ0n) is 8.34. The molecule has 0 atom stereocenters. The molecule has 0 fully saturated rings. The lowest BCUT2D eigenvalue weighted by Gasteiger charge is -2.20. The van der Waals surface area contributed by atoms with Gasteiger partial charge in [-0.05, 0) is 27.7 Å². The summed E-state index contributed by atoms with van der Waals surface area (Å²) in [4.78, 5) is 25.4. The van der Waals surface area contributed by atoms with Crippen molar-refractivity contribution in [1.82, 2.24) is 9.55 Å². The number of aromatic amines is 1. The Morgan fingerprint density at radius 3 is 2.23 bits per heavy atom. The fraction of sp³-hybridized carbons (Fsp3) is 0.556. The quantitative estimate of drug-likeness (QED) is 0.638. The van der Waals surface area contributed by atoms with Gasteiger partial charge in [0.2, 0.25) is 0 Å². The van der Waals surface area contributed by atoms with Crippen molar-refractivity contribution in [3.8, 4) is 0 Å². The molecular weight excluding hydrogens is 168 g/mol. The number of aromatic nitrogens is 2. The summed E-state index contributed by atoms with van der Waals surface area (Å²) in [6.45, 7) is 7.15. The topological polar surface area (TPSA) is 54.9 Å². The minimum absolute atomic E-state index is 0.226. The predicted molar refractivity (Wildman–Crippen MR) is 51.1 cm³/mol. The zero-order valence-corrected chi connectivity index (χ0v) is 8.34. The van der Waals surface area contributed by atoms with Crippen molar-refractivity contribution in [2.24, 2.45) is 0 Å². The number of H-pyrrole nitrogens is 1. The number of nitrogens with one attached hydrogen (secondary N) is 1. The average Bonchev–Trinajstić information content (AvgIpc) is 1.95. The molecule has 0 spiro atoms. The van der Waals surface area contributed by atoms with Gasteiger partial charge >= 0.3 is 5.69 Å². The van der Waals surface area contributed by atoms with Gasteiger partial charge < -0.3 is 4.98 Å². The van der Waals surface area contributed by atoms with Crippen molar-refractivity contribution in [2.75, 3.05) is 0 Å². The molecule has 0 aliphatic carbocycles. The molecule has 0 amide bonds. The van der Waals surface area contributed by atoms with E-state index < -0.39 is 5.54 Å². The number of nitrogens with zero attached hydrogens (tertiary/aromatic N) is 1. The van der Waals surface area contributed by atoms with Crippen LogP contribution in [0, 0.1) is 6.92 Å². The van der Waals surface area contributed by atoms with Crippen LogP contribution in [0.2, 0.25) is 0 Å². The van der Waals surface area contributed by atoms with E-state index in [-0.39, 0.29) is 11.2 Å². The van der Waals surface area contributed by atoms with Crippen molar-refractivity contribution >= 4 is 0 Å². The number of hydrogen-bond acceptors (Lipinski definition) is 2. The van der Waals surface area contributed by atoms with Crippen molar-refractivity contribution in [3.63, 3.8) is 0 Å². The lowest BCUT2D eigenvalue weighted by molar-refractivity contribution is 0.365. The average molecular weight is 182 g/mol. The summed E-state index contributed by atoms with van der Waals surface area (Å²) in [6, 6.07) is 0. The van der Waals surface area contributed by atoms with E-state index in [1.165, 1.54) is 10.8 Å². The van der Waals surface area contributed by atoms with Crippen LogP contribution in [-0.4, -0.2) is 9.55 Å². The molecule has 0 unspecified atom stereocenters. The van der Waals surface area contributed by atoms with E-state index in [0.29, 0.717) is 5.56 Å². The molecular formula is C9H14N2O2. The predicted octanol–water partition coefficient (Wildman–Crippen LogP) is 0.600. The van der Waals surface area contributed by atoms with Gasteiger partial charge in [-0.1, -0.05) is 0 Å². The van der Waals surface area contributed by atoms with Gasteiger partial charge in [0.25, 0.3) is 5.56 Å². The molecule has 1 heterocycles. The van der Waals surface area contributed by atoms with E-state index in [4.69, 9.17) is 0 Å². The summed E-state index contributed by atoms with van der Waals surface area (Å²) in [7, 11) is 0. The maximum atomic E-state index is 11.6. The van der Waals surface area contributed by atoms with Crippen molar-refractivity contribution in [1.29, 1.82) is 0 Å². The lowest BCUT2D eigenvalue weighted by Crippen LogP contribution is -2.45. The largest absolute Gasteiger partial charge is 0.328 e. The molecule has 4 heteroatoms. The highest BCUT2D eigenvalue weighted by atomic mass is 16.2. The smallest absolute Gasteiger partial charge is 0.314 e. The van der Waals surface area contributed by atoms with Crippen molar-refractivity contribution < 1.29 is 0 Å². The van der Waals surface area contributed by atoms with E-state index in [1.54, 1.807) is 6.92 Å². The first-order valence-electron chi connectivity index (χ1n) is 4.16. The summed E-state index contributed by atoms with van der Waals surface area (Å²) in [5, 5.41) is 0. The van der Waals surface area contributed by atoms with Crippen molar-refractivity contribution in [3.05, 3.63) is 32.6 Å². The van der Waals surface area contributed by atoms with Gasteiger partial charge in [-0.3, -0.25) is 9.36 Å². The standard InChI is InChI=1S/C9H14N2O2/c1-6-5-10-8(13)11(7(6)12)9(2,3)4/h5H,1-4H3,(H,10,13). The first-order chi connectivity index (χ1) is 5.84. The van der Waals surface area contributed by atoms with Gasteiger partial charge in [-0.2, -0.15) is 0 Å². The molecule has 1 rings (SSSR count). The molecule has 0 saturated carbocycles. The highest BCUT2D eigenvalue weighted by Gasteiger charge is 2.18. The minimum Gasteiger partial charge on any atom is -0.314 e. The van der Waals surface area contributed by atoms with E-state index in [1.807, 2.05) is 20.8 Å². The molecule has 0 aliphatic heterocycles. The Morgan fingerprint density at radius 2 is 1.85 bits per heavy atom. The molecule has 1 aromatic rings. The Bertz CT molecular complexity index is 420. The minimum atomic E-state index is -0.476. The van der Waals surface area contributed by atoms with Crippen LogP contribution in [0.4, 0.5) is 0 Å². The van der Waals surface area contributed by atoms with Crippen molar-refractivity contribution in [2.45, 2.75) is 33.2 Å². The third-order valence-corrected chi connectivity index (χ3v) is 1.83. The summed E-state index contributed by atoms with van der Waals surface area (Å²) in [5.74, 6) is 0. The second-order valence-electron chi connectivity index (χ2n) is 4.09. The maximum Gasteiger partial charge on any atom is 0.328 e. The van der Waals surface area contributed by atoms with Gasteiger partial charge in [0.15, 0.2) is 0 Å². The van der Waals surface area contributed by atoms with Gasteiger partial charge in [-0.15, -0.1) is 0 Å². The number of hydrogen-bond donors (Lipinski definition) is 1. The molecule has 1 aromatic heterocycles. The maximum absolute atomic E-state index is 11.6. The Hall–Kier alpha value is -1.32. The summed E-state index contributed by atoms with van der Waals surface area (Å²) in [6.07, 6.45) is 1.44. The highest BCUT2D eigenvalue weighted by Crippen LogP contribution is 2.06. The summed E-state index contributed by atoms with van der Waals surface area (Å²) >= 11 is 0. The molecule has 72 valence electrons. The first-order valence-corrected chi connectivity index (χ1v) is 4.16. The number of aryl methyl sites for hydroxylation is 1. The highest BCUT2D eigenvalue weighted by molar-refractivity contribution is 5.02.